The summed E-state index contributed by atoms with van der Waals surface area (Å²) in [5.41, 5.74) is 3.62. The molecule has 4 aliphatic carbocycles. The molecule has 0 spiro atoms. The minimum absolute atomic E-state index is 0.0462. The van der Waals surface area contributed by atoms with Gasteiger partial charge < -0.3 is 10.2 Å². The molecule has 4 rings (SSSR count). The SMILES string of the molecule is C[C@]12C=CCC(CC(=O)O)=C1C=C[C@@H]1[C@@H]2CC[C@]2(C)C(=CO)CC[C@@H]12. The molecule has 0 saturated heterocycles. The van der Waals surface area contributed by atoms with Gasteiger partial charge in [0.15, 0.2) is 0 Å². The second kappa shape index (κ2) is 5.62. The normalized spacial score (nSPS) is 43.8. The van der Waals surface area contributed by atoms with Crippen molar-refractivity contribution in [3.05, 3.63) is 47.3 Å². The van der Waals surface area contributed by atoms with Crippen LogP contribution in [0.25, 0.3) is 0 Å². The number of fused-ring (bicyclic) bond motifs is 5. The Morgan fingerprint density at radius 2 is 2.12 bits per heavy atom. The summed E-state index contributed by atoms with van der Waals surface area (Å²) >= 11 is 0. The lowest BCUT2D eigenvalue weighted by Crippen LogP contribution is -2.47. The minimum atomic E-state index is -0.736. The average Bonchev–Trinajstić information content (AvgIpc) is 2.90. The van der Waals surface area contributed by atoms with E-state index in [1.807, 2.05) is 0 Å². The molecule has 4 aliphatic rings. The molecule has 0 aromatic heterocycles. The smallest absolute Gasteiger partial charge is 0.307 e. The topological polar surface area (TPSA) is 57.5 Å². The molecule has 0 unspecified atom stereocenters. The summed E-state index contributed by atoms with van der Waals surface area (Å²) in [5.74, 6) is 0.890. The lowest BCUT2D eigenvalue weighted by atomic mass is 9.49. The molecule has 0 aromatic rings. The van der Waals surface area contributed by atoms with E-state index in [2.05, 4.69) is 38.2 Å². The highest BCUT2D eigenvalue weighted by Gasteiger charge is 2.56. The zero-order valence-corrected chi connectivity index (χ0v) is 15.2. The van der Waals surface area contributed by atoms with Crippen molar-refractivity contribution in [2.75, 3.05) is 0 Å². The molecule has 2 N–H and O–H groups in total. The monoisotopic (exact) mass is 340 g/mol. The number of carboxylic acids is 1. The Kier molecular flexibility index (Phi) is 3.75. The fourth-order valence-corrected chi connectivity index (χ4v) is 6.43. The average molecular weight is 340 g/mol. The van der Waals surface area contributed by atoms with Gasteiger partial charge in [-0.3, -0.25) is 4.79 Å². The van der Waals surface area contributed by atoms with Gasteiger partial charge in [-0.1, -0.05) is 43.7 Å². The van der Waals surface area contributed by atoms with Crippen molar-refractivity contribution in [1.29, 1.82) is 0 Å². The van der Waals surface area contributed by atoms with Gasteiger partial charge in [-0.05, 0) is 66.4 Å². The third-order valence-corrected chi connectivity index (χ3v) is 7.75. The number of aliphatic hydroxyl groups excluding tert-OH is 1. The third kappa shape index (κ3) is 2.28. The standard InChI is InChI=1S/C22H28O3/c1-21-11-9-19-16(18(21)7-5-15(21)13-23)6-8-17-14(12-20(24)25)4-3-10-22(17,19)2/h3,6,8,10,13,16,18-19,23H,4-5,7,9,11-12H2,1-2H3,(H,24,25)/t16-,18-,19-,21+,22-/m0/s1. The summed E-state index contributed by atoms with van der Waals surface area (Å²) in [6.07, 6.45) is 15.8. The van der Waals surface area contributed by atoms with Gasteiger partial charge in [-0.2, -0.15) is 0 Å². The van der Waals surface area contributed by atoms with Crippen molar-refractivity contribution >= 4 is 5.97 Å². The largest absolute Gasteiger partial charge is 0.516 e. The number of carboxylic acid groups (broad SMARTS) is 1. The lowest BCUT2D eigenvalue weighted by Gasteiger charge is -2.54. The number of hydrogen-bond acceptors (Lipinski definition) is 2. The van der Waals surface area contributed by atoms with Crippen LogP contribution in [0.15, 0.2) is 47.3 Å². The van der Waals surface area contributed by atoms with E-state index in [0.717, 1.165) is 37.7 Å². The highest BCUT2D eigenvalue weighted by molar-refractivity contribution is 5.71. The van der Waals surface area contributed by atoms with Gasteiger partial charge in [-0.25, -0.2) is 0 Å². The molecule has 0 aromatic carbocycles. The molecule has 0 radical (unpaired) electrons. The molecule has 5 atom stereocenters. The van der Waals surface area contributed by atoms with Crippen LogP contribution in [0.3, 0.4) is 0 Å². The molecule has 2 saturated carbocycles. The van der Waals surface area contributed by atoms with Crippen molar-refractivity contribution in [3.8, 4) is 0 Å². The maximum Gasteiger partial charge on any atom is 0.307 e. The number of allylic oxidation sites excluding steroid dienone is 6. The summed E-state index contributed by atoms with van der Waals surface area (Å²) in [7, 11) is 0. The summed E-state index contributed by atoms with van der Waals surface area (Å²) in [6, 6.07) is 0. The lowest BCUT2D eigenvalue weighted by molar-refractivity contribution is -0.136. The minimum Gasteiger partial charge on any atom is -0.516 e. The molecular weight excluding hydrogens is 312 g/mol. The van der Waals surface area contributed by atoms with Crippen molar-refractivity contribution in [3.63, 3.8) is 0 Å². The number of carbonyl (C=O) groups is 1. The molecular formula is C22H28O3. The van der Waals surface area contributed by atoms with Crippen molar-refractivity contribution < 1.29 is 15.0 Å². The molecule has 25 heavy (non-hydrogen) atoms. The summed E-state index contributed by atoms with van der Waals surface area (Å²) in [5, 5.41) is 18.9. The fraction of sp³-hybridized carbons (Fsp3) is 0.591. The van der Waals surface area contributed by atoms with Crippen molar-refractivity contribution in [2.45, 2.75) is 52.4 Å². The van der Waals surface area contributed by atoms with Gasteiger partial charge in [0.1, 0.15) is 0 Å². The summed E-state index contributed by atoms with van der Waals surface area (Å²) in [4.78, 5) is 11.3. The van der Waals surface area contributed by atoms with Crippen LogP contribution in [-0.4, -0.2) is 16.2 Å². The molecule has 0 bridgehead atoms. The van der Waals surface area contributed by atoms with E-state index in [-0.39, 0.29) is 17.3 Å². The Morgan fingerprint density at radius 3 is 2.84 bits per heavy atom. The van der Waals surface area contributed by atoms with Gasteiger partial charge in [-0.15, -0.1) is 0 Å². The number of aliphatic carboxylic acids is 1. The first-order valence-corrected chi connectivity index (χ1v) is 9.54. The van der Waals surface area contributed by atoms with Crippen LogP contribution in [-0.2, 0) is 4.79 Å². The predicted molar refractivity (Wildman–Crippen MR) is 98.0 cm³/mol. The highest BCUT2D eigenvalue weighted by Crippen LogP contribution is 2.64. The molecule has 3 nitrogen and oxygen atoms in total. The predicted octanol–water partition coefficient (Wildman–Crippen LogP) is 5.18. The van der Waals surface area contributed by atoms with Crippen LogP contribution in [0.1, 0.15) is 52.4 Å². The Morgan fingerprint density at radius 1 is 1.32 bits per heavy atom. The van der Waals surface area contributed by atoms with Crippen LogP contribution >= 0.6 is 0 Å². The van der Waals surface area contributed by atoms with E-state index in [9.17, 15) is 15.0 Å². The Balaban J connectivity index is 1.76. The second-order valence-electron chi connectivity index (χ2n) is 8.78. The number of hydrogen-bond donors (Lipinski definition) is 2. The molecule has 0 amide bonds. The molecule has 0 aliphatic heterocycles. The van der Waals surface area contributed by atoms with Gasteiger partial charge in [0, 0.05) is 5.41 Å². The highest BCUT2D eigenvalue weighted by atomic mass is 16.4. The first-order chi connectivity index (χ1) is 11.9. The van der Waals surface area contributed by atoms with E-state index in [1.54, 1.807) is 0 Å². The number of rotatable bonds is 2. The fourth-order valence-electron chi connectivity index (χ4n) is 6.43. The Labute approximate surface area is 149 Å². The first-order valence-electron chi connectivity index (χ1n) is 9.54. The quantitative estimate of drug-likeness (QED) is 0.538. The van der Waals surface area contributed by atoms with E-state index < -0.39 is 5.97 Å². The van der Waals surface area contributed by atoms with Crippen molar-refractivity contribution in [2.24, 2.45) is 28.6 Å². The van der Waals surface area contributed by atoms with Crippen LogP contribution in [0.5, 0.6) is 0 Å². The summed E-state index contributed by atoms with van der Waals surface area (Å²) in [6.45, 7) is 4.64. The maximum absolute atomic E-state index is 11.3. The molecule has 134 valence electrons. The Hall–Kier alpha value is -1.77. The van der Waals surface area contributed by atoms with Crippen LogP contribution in [0, 0.1) is 28.6 Å². The van der Waals surface area contributed by atoms with Crippen LogP contribution in [0.2, 0.25) is 0 Å². The van der Waals surface area contributed by atoms with Gasteiger partial charge in [0.05, 0.1) is 12.7 Å². The zero-order valence-electron chi connectivity index (χ0n) is 15.2. The summed E-state index contributed by atoms with van der Waals surface area (Å²) < 4.78 is 0. The first kappa shape index (κ1) is 16.7. The van der Waals surface area contributed by atoms with Crippen molar-refractivity contribution in [1.82, 2.24) is 0 Å². The number of aliphatic hydroxyl groups is 1. The molecule has 3 heteroatoms. The second-order valence-corrected chi connectivity index (χ2v) is 8.78. The molecule has 0 heterocycles. The van der Waals surface area contributed by atoms with Crippen LogP contribution < -0.4 is 0 Å². The van der Waals surface area contributed by atoms with Crippen LogP contribution in [0.4, 0.5) is 0 Å². The Bertz CT molecular complexity index is 726. The maximum atomic E-state index is 11.3. The van der Waals surface area contributed by atoms with E-state index in [1.165, 1.54) is 17.4 Å². The third-order valence-electron chi connectivity index (χ3n) is 7.75. The molecule has 2 fully saturated rings. The zero-order chi connectivity index (χ0) is 17.8. The van der Waals surface area contributed by atoms with Gasteiger partial charge in [0.2, 0.25) is 0 Å². The van der Waals surface area contributed by atoms with E-state index in [4.69, 9.17) is 0 Å². The van der Waals surface area contributed by atoms with Gasteiger partial charge >= 0.3 is 5.97 Å². The van der Waals surface area contributed by atoms with E-state index in [0.29, 0.717) is 17.8 Å². The van der Waals surface area contributed by atoms with E-state index >= 15 is 0 Å². The van der Waals surface area contributed by atoms with Gasteiger partial charge in [0.25, 0.3) is 0 Å².